The van der Waals surface area contributed by atoms with Gasteiger partial charge in [0.25, 0.3) is 0 Å². The van der Waals surface area contributed by atoms with Crippen molar-refractivity contribution in [1.82, 2.24) is 0 Å². The first-order valence-electron chi connectivity index (χ1n) is 7.24. The molecule has 0 aliphatic heterocycles. The number of benzene rings is 2. The van der Waals surface area contributed by atoms with Gasteiger partial charge in [0, 0.05) is 0 Å². The van der Waals surface area contributed by atoms with Crippen LogP contribution >= 0.6 is 0 Å². The molecule has 0 N–H and O–H groups in total. The van der Waals surface area contributed by atoms with E-state index in [9.17, 15) is 16.8 Å². The number of hydrogen-bond acceptors (Lipinski definition) is 5. The number of rotatable bonds is 6. The van der Waals surface area contributed by atoms with E-state index >= 15 is 0 Å². The average molecular weight is 366 g/mol. The van der Waals surface area contributed by atoms with Crippen LogP contribution in [0.2, 0.25) is 0 Å². The van der Waals surface area contributed by atoms with E-state index in [2.05, 4.69) is 0 Å². The predicted octanol–water partition coefficient (Wildman–Crippen LogP) is 3.08. The summed E-state index contributed by atoms with van der Waals surface area (Å²) in [6, 6.07) is 13.4. The van der Waals surface area contributed by atoms with Crippen LogP contribution in [0.25, 0.3) is 0 Å². The van der Waals surface area contributed by atoms with Gasteiger partial charge in [0.2, 0.25) is 23.9 Å². The Labute approximate surface area is 142 Å². The molecule has 7 heteroatoms. The highest BCUT2D eigenvalue weighted by molar-refractivity contribution is 8.14. The molecular weight excluding hydrogens is 348 g/mol. The van der Waals surface area contributed by atoms with Gasteiger partial charge in [-0.05, 0) is 38.1 Å². The van der Waals surface area contributed by atoms with Crippen LogP contribution in [0.1, 0.15) is 12.5 Å². The molecule has 0 aliphatic rings. The third-order valence-corrected chi connectivity index (χ3v) is 7.61. The summed E-state index contributed by atoms with van der Waals surface area (Å²) in [5.41, 5.74) is 0.871. The Morgan fingerprint density at radius 3 is 1.88 bits per heavy atom. The molecule has 24 heavy (non-hydrogen) atoms. The molecule has 0 atom stereocenters. The maximum atomic E-state index is 12.8. The lowest BCUT2D eigenvalue weighted by molar-refractivity contribution is 0.269. The maximum Gasteiger partial charge on any atom is 0.221 e. The van der Waals surface area contributed by atoms with E-state index in [0.717, 1.165) is 11.8 Å². The standard InChI is InChI=1S/C17H18O5S2/c1-3-22-13-17(23(18,19)15-7-5-4-6-8-15)24(20,21)16-11-9-14(2)10-12-16/h4-13H,3H2,1-2H3. The Balaban J connectivity index is 2.64. The fourth-order valence-electron chi connectivity index (χ4n) is 1.97. The van der Waals surface area contributed by atoms with Gasteiger partial charge in [-0.15, -0.1) is 0 Å². The summed E-state index contributed by atoms with van der Waals surface area (Å²) in [7, 11) is -8.49. The number of hydrogen-bond donors (Lipinski definition) is 0. The Bertz CT molecular complexity index is 926. The SMILES string of the molecule is CCOC=C(S(=O)(=O)c1ccccc1)S(=O)(=O)c1ccc(C)cc1. The summed E-state index contributed by atoms with van der Waals surface area (Å²) >= 11 is 0. The molecule has 0 heterocycles. The van der Waals surface area contributed by atoms with E-state index < -0.39 is 23.9 Å². The van der Waals surface area contributed by atoms with E-state index in [0.29, 0.717) is 0 Å². The van der Waals surface area contributed by atoms with Crippen molar-refractivity contribution in [2.24, 2.45) is 0 Å². The van der Waals surface area contributed by atoms with Gasteiger partial charge < -0.3 is 4.74 Å². The van der Waals surface area contributed by atoms with Crippen LogP contribution in [0, 0.1) is 6.92 Å². The molecule has 2 rings (SSSR count). The van der Waals surface area contributed by atoms with Crippen LogP contribution in [0.4, 0.5) is 0 Å². The van der Waals surface area contributed by atoms with E-state index in [1.165, 1.54) is 36.4 Å². The van der Waals surface area contributed by atoms with E-state index in [1.807, 2.05) is 6.92 Å². The van der Waals surface area contributed by atoms with Crippen LogP contribution in [0.5, 0.6) is 0 Å². The summed E-state index contributed by atoms with van der Waals surface area (Å²) in [6.45, 7) is 3.60. The molecule has 0 saturated carbocycles. The second-order valence-corrected chi connectivity index (χ2v) is 9.12. The van der Waals surface area contributed by atoms with Crippen molar-refractivity contribution in [3.8, 4) is 0 Å². The summed E-state index contributed by atoms with van der Waals surface area (Å²) < 4.78 is 55.5. The topological polar surface area (TPSA) is 77.5 Å². The van der Waals surface area contributed by atoms with Crippen LogP contribution in [-0.2, 0) is 24.4 Å². The predicted molar refractivity (Wildman–Crippen MR) is 91.7 cm³/mol. The van der Waals surface area contributed by atoms with Crippen molar-refractivity contribution in [2.45, 2.75) is 23.6 Å². The van der Waals surface area contributed by atoms with Crippen LogP contribution in [0.15, 0.2) is 74.9 Å². The first kappa shape index (κ1) is 18.2. The second kappa shape index (κ2) is 7.19. The summed E-state index contributed by atoms with van der Waals surface area (Å²) in [6.07, 6.45) is 0.803. The fraction of sp³-hybridized carbons (Fsp3) is 0.176. The lowest BCUT2D eigenvalue weighted by atomic mass is 10.2. The Kier molecular flexibility index (Phi) is 5.46. The van der Waals surface area contributed by atoms with Gasteiger partial charge in [-0.2, -0.15) is 0 Å². The van der Waals surface area contributed by atoms with Gasteiger partial charge >= 0.3 is 0 Å². The highest BCUT2D eigenvalue weighted by Crippen LogP contribution is 2.29. The van der Waals surface area contributed by atoms with Crippen molar-refractivity contribution >= 4 is 19.7 Å². The van der Waals surface area contributed by atoms with Crippen LogP contribution in [-0.4, -0.2) is 23.4 Å². The number of ether oxygens (including phenoxy) is 1. The molecule has 0 unspecified atom stereocenters. The number of sulfone groups is 2. The number of aryl methyl sites for hydroxylation is 1. The minimum Gasteiger partial charge on any atom is -0.499 e. The molecular formula is C17H18O5S2. The quantitative estimate of drug-likeness (QED) is 0.734. The minimum atomic E-state index is -4.25. The zero-order chi connectivity index (χ0) is 17.8. The smallest absolute Gasteiger partial charge is 0.221 e. The summed E-state index contributed by atoms with van der Waals surface area (Å²) in [5.74, 6) is 0. The van der Waals surface area contributed by atoms with Gasteiger partial charge in [-0.25, -0.2) is 16.8 Å². The van der Waals surface area contributed by atoms with E-state index in [1.54, 1.807) is 25.1 Å². The summed E-state index contributed by atoms with van der Waals surface area (Å²) in [5, 5.41) is 0. The molecule has 5 nitrogen and oxygen atoms in total. The lowest BCUT2D eigenvalue weighted by Gasteiger charge is -2.11. The Morgan fingerprint density at radius 2 is 1.38 bits per heavy atom. The molecule has 0 saturated heterocycles. The molecule has 0 amide bonds. The molecule has 2 aromatic rings. The molecule has 0 radical (unpaired) electrons. The highest BCUT2D eigenvalue weighted by Gasteiger charge is 2.34. The van der Waals surface area contributed by atoms with Crippen molar-refractivity contribution < 1.29 is 21.6 Å². The van der Waals surface area contributed by atoms with Gasteiger partial charge in [-0.3, -0.25) is 0 Å². The van der Waals surface area contributed by atoms with Gasteiger partial charge in [0.1, 0.15) is 6.26 Å². The van der Waals surface area contributed by atoms with E-state index in [-0.39, 0.29) is 16.4 Å². The van der Waals surface area contributed by atoms with Crippen molar-refractivity contribution in [3.05, 3.63) is 70.7 Å². The largest absolute Gasteiger partial charge is 0.499 e. The van der Waals surface area contributed by atoms with Gasteiger partial charge in [0.05, 0.1) is 16.4 Å². The third kappa shape index (κ3) is 3.68. The third-order valence-electron chi connectivity index (χ3n) is 3.26. The minimum absolute atomic E-state index is 0.0986. The molecule has 0 spiro atoms. The first-order valence-corrected chi connectivity index (χ1v) is 10.2. The van der Waals surface area contributed by atoms with Crippen molar-refractivity contribution in [3.63, 3.8) is 0 Å². The van der Waals surface area contributed by atoms with E-state index in [4.69, 9.17) is 4.74 Å². The lowest BCUT2D eigenvalue weighted by Crippen LogP contribution is -2.16. The van der Waals surface area contributed by atoms with Crippen molar-refractivity contribution in [1.29, 1.82) is 0 Å². The molecule has 0 fully saturated rings. The Morgan fingerprint density at radius 1 is 0.875 bits per heavy atom. The zero-order valence-corrected chi connectivity index (χ0v) is 15.0. The molecule has 0 aliphatic carbocycles. The molecule has 0 bridgehead atoms. The molecule has 0 aromatic heterocycles. The first-order chi connectivity index (χ1) is 11.3. The second-order valence-electron chi connectivity index (χ2n) is 5.03. The Hall–Kier alpha value is -2.12. The zero-order valence-electron chi connectivity index (χ0n) is 13.3. The fourth-order valence-corrected chi connectivity index (χ4v) is 5.57. The van der Waals surface area contributed by atoms with Gasteiger partial charge in [-0.1, -0.05) is 35.9 Å². The maximum absolute atomic E-state index is 12.8. The molecule has 2 aromatic carbocycles. The normalized spacial score (nSPS) is 12.8. The average Bonchev–Trinajstić information content (AvgIpc) is 2.56. The highest BCUT2D eigenvalue weighted by atomic mass is 32.3. The monoisotopic (exact) mass is 366 g/mol. The molecule has 128 valence electrons. The van der Waals surface area contributed by atoms with Crippen molar-refractivity contribution in [2.75, 3.05) is 6.61 Å². The van der Waals surface area contributed by atoms with Crippen LogP contribution in [0.3, 0.4) is 0 Å². The van der Waals surface area contributed by atoms with Crippen LogP contribution < -0.4 is 0 Å². The summed E-state index contributed by atoms with van der Waals surface area (Å²) in [4.78, 5) is -0.204. The van der Waals surface area contributed by atoms with Gasteiger partial charge in [0.15, 0.2) is 0 Å².